The van der Waals surface area contributed by atoms with E-state index in [0.29, 0.717) is 5.92 Å². The molecule has 6 heteroatoms. The molecule has 2 N–H and O–H groups in total. The van der Waals surface area contributed by atoms with Crippen molar-refractivity contribution in [1.29, 1.82) is 0 Å². The minimum atomic E-state index is -3.79. The van der Waals surface area contributed by atoms with Crippen molar-refractivity contribution in [2.45, 2.75) is 52.6 Å². The van der Waals surface area contributed by atoms with Crippen molar-refractivity contribution in [2.75, 3.05) is 0 Å². The van der Waals surface area contributed by atoms with E-state index < -0.39 is 10.3 Å². The summed E-state index contributed by atoms with van der Waals surface area (Å²) < 4.78 is 25.9. The molecule has 0 fully saturated rings. The second-order valence-electron chi connectivity index (χ2n) is 3.70. The van der Waals surface area contributed by atoms with Crippen LogP contribution in [0.2, 0.25) is 0 Å². The third kappa shape index (κ3) is 11.1. The Hall–Kier alpha value is 0.870. The van der Waals surface area contributed by atoms with E-state index in [0.717, 1.165) is 25.7 Å². The van der Waals surface area contributed by atoms with E-state index >= 15 is 0 Å². The topological polar surface area (TPSA) is 69.4 Å². The summed E-state index contributed by atoms with van der Waals surface area (Å²) in [5, 5.41) is 4.78. The zero-order valence-electron chi connectivity index (χ0n) is 11.2. The van der Waals surface area contributed by atoms with E-state index in [1.54, 1.807) is 6.92 Å². The van der Waals surface area contributed by atoms with Crippen LogP contribution in [-0.2, 0) is 14.5 Å². The first-order valence-corrected chi connectivity index (χ1v) is 6.57. The van der Waals surface area contributed by atoms with Gasteiger partial charge in [-0.3, -0.25) is 4.18 Å². The van der Waals surface area contributed by atoms with Crippen molar-refractivity contribution in [3.05, 3.63) is 0 Å². The van der Waals surface area contributed by atoms with Crippen LogP contribution in [0.15, 0.2) is 0 Å². The first-order chi connectivity index (χ1) is 6.39. The van der Waals surface area contributed by atoms with Gasteiger partial charge in [-0.25, -0.2) is 5.14 Å². The fourth-order valence-electron chi connectivity index (χ4n) is 1.63. The molecular weight excluding hydrogens is 225 g/mol. The Morgan fingerprint density at radius 2 is 1.93 bits per heavy atom. The van der Waals surface area contributed by atoms with E-state index in [4.69, 9.17) is 5.14 Å². The Labute approximate surface area is 117 Å². The molecule has 0 radical (unpaired) electrons. The van der Waals surface area contributed by atoms with Gasteiger partial charge in [-0.05, 0) is 19.3 Å². The molecule has 0 aromatic heterocycles. The van der Waals surface area contributed by atoms with E-state index in [-0.39, 0.29) is 37.1 Å². The molecule has 0 amide bonds. The third-order valence-electron chi connectivity index (χ3n) is 2.24. The Balaban J connectivity index is -0.000000845. The minimum Gasteiger partial charge on any atom is -1.00 e. The van der Waals surface area contributed by atoms with Crippen LogP contribution >= 0.6 is 0 Å². The summed E-state index contributed by atoms with van der Waals surface area (Å²) in [6.45, 7) is 5.96. The van der Waals surface area contributed by atoms with Crippen LogP contribution in [0.1, 0.15) is 47.9 Å². The van der Waals surface area contributed by atoms with Crippen molar-refractivity contribution in [2.24, 2.45) is 11.1 Å². The molecule has 0 saturated heterocycles. The monoisotopic (exact) mass is 247 g/mol. The predicted molar refractivity (Wildman–Crippen MR) is 58.1 cm³/mol. The molecule has 0 bridgehead atoms. The summed E-state index contributed by atoms with van der Waals surface area (Å²) in [6.07, 6.45) is 3.70. The van der Waals surface area contributed by atoms with Gasteiger partial charge in [0.05, 0.1) is 6.10 Å². The summed E-state index contributed by atoms with van der Waals surface area (Å²) >= 11 is 0. The van der Waals surface area contributed by atoms with Crippen LogP contribution < -0.4 is 34.7 Å². The molecule has 4 nitrogen and oxygen atoms in total. The number of hydrogen-bond donors (Lipinski definition) is 1. The van der Waals surface area contributed by atoms with E-state index in [1.807, 2.05) is 0 Å². The number of nitrogens with two attached hydrogens (primary N) is 1. The molecule has 0 aliphatic heterocycles. The van der Waals surface area contributed by atoms with Gasteiger partial charge < -0.3 is 1.43 Å². The van der Waals surface area contributed by atoms with Gasteiger partial charge in [0, 0.05) is 0 Å². The fraction of sp³-hybridized carbons (Fsp3) is 1.00. The molecule has 88 valence electrons. The number of hydrogen-bond acceptors (Lipinski definition) is 3. The van der Waals surface area contributed by atoms with Crippen LogP contribution in [0.25, 0.3) is 0 Å². The Kier molecular flexibility index (Phi) is 10.9. The van der Waals surface area contributed by atoms with Crippen molar-refractivity contribution in [3.63, 3.8) is 0 Å². The fourth-order valence-corrected chi connectivity index (χ4v) is 2.17. The van der Waals surface area contributed by atoms with E-state index in [9.17, 15) is 8.42 Å². The predicted octanol–water partition coefficient (Wildman–Crippen LogP) is -1.07. The van der Waals surface area contributed by atoms with Gasteiger partial charge in [0.15, 0.2) is 0 Å². The van der Waals surface area contributed by atoms with Gasteiger partial charge in [0.2, 0.25) is 0 Å². The molecule has 0 aromatic rings. The summed E-state index contributed by atoms with van der Waals surface area (Å²) in [4.78, 5) is 0. The largest absolute Gasteiger partial charge is 1.00 e. The van der Waals surface area contributed by atoms with Gasteiger partial charge in [-0.1, -0.05) is 33.1 Å². The molecule has 0 aliphatic rings. The maximum absolute atomic E-state index is 10.6. The zero-order chi connectivity index (χ0) is 11.2. The van der Waals surface area contributed by atoms with Crippen LogP contribution in [0.3, 0.4) is 0 Å². The molecule has 0 aromatic carbocycles. The Morgan fingerprint density at radius 3 is 2.27 bits per heavy atom. The molecule has 2 unspecified atom stereocenters. The Morgan fingerprint density at radius 1 is 1.40 bits per heavy atom. The average molecular weight is 247 g/mol. The Bertz CT molecular complexity index is 249. The summed E-state index contributed by atoms with van der Waals surface area (Å²) in [7, 11) is -3.79. The maximum atomic E-state index is 10.6. The molecule has 0 rings (SSSR count). The summed E-state index contributed by atoms with van der Waals surface area (Å²) in [5.41, 5.74) is 0. The second-order valence-corrected chi connectivity index (χ2v) is 4.88. The smallest absolute Gasteiger partial charge is 1.00 e. The third-order valence-corrected chi connectivity index (χ3v) is 2.83. The van der Waals surface area contributed by atoms with Crippen LogP contribution in [0, 0.1) is 5.92 Å². The SMILES string of the molecule is CCCC(CC)CC(C)OS(N)(=O)=O.[H-].[Na+]. The normalized spacial score (nSPS) is 15.5. The van der Waals surface area contributed by atoms with Crippen LogP contribution in [0.5, 0.6) is 0 Å². The maximum Gasteiger partial charge on any atom is 1.00 e. The van der Waals surface area contributed by atoms with Crippen molar-refractivity contribution in [1.82, 2.24) is 0 Å². The van der Waals surface area contributed by atoms with Crippen LogP contribution in [0.4, 0.5) is 0 Å². The second kappa shape index (κ2) is 8.96. The number of rotatable bonds is 7. The van der Waals surface area contributed by atoms with Crippen molar-refractivity contribution in [3.8, 4) is 0 Å². The summed E-state index contributed by atoms with van der Waals surface area (Å²) in [6, 6.07) is 0. The zero-order valence-corrected chi connectivity index (χ0v) is 13.0. The molecule has 0 aliphatic carbocycles. The first kappa shape index (κ1) is 18.2. The van der Waals surface area contributed by atoms with E-state index in [2.05, 4.69) is 18.0 Å². The molecular formula is C9H22NNaO3S. The van der Waals surface area contributed by atoms with Gasteiger partial charge in [-0.15, -0.1) is 0 Å². The molecule has 15 heavy (non-hydrogen) atoms. The van der Waals surface area contributed by atoms with Crippen molar-refractivity contribution >= 4 is 10.3 Å². The summed E-state index contributed by atoms with van der Waals surface area (Å²) in [5.74, 6) is 0.525. The minimum absolute atomic E-state index is 0. The molecule has 0 spiro atoms. The quantitative estimate of drug-likeness (QED) is 0.582. The molecule has 0 saturated carbocycles. The van der Waals surface area contributed by atoms with Gasteiger partial charge in [0.25, 0.3) is 0 Å². The first-order valence-electron chi connectivity index (χ1n) is 5.10. The van der Waals surface area contributed by atoms with Crippen LogP contribution in [-0.4, -0.2) is 14.5 Å². The molecule has 0 heterocycles. The van der Waals surface area contributed by atoms with E-state index in [1.165, 1.54) is 0 Å². The van der Waals surface area contributed by atoms with Gasteiger partial charge >= 0.3 is 39.9 Å². The van der Waals surface area contributed by atoms with Gasteiger partial charge in [0.1, 0.15) is 0 Å². The van der Waals surface area contributed by atoms with Crippen molar-refractivity contribution < 1.29 is 43.6 Å². The average Bonchev–Trinajstić information content (AvgIpc) is 2.00. The standard InChI is InChI=1S/C9H21NO3S.Na.H/c1-4-6-9(5-2)7-8(3)13-14(10,11)12;;/h8-9H,4-7H2,1-3H3,(H2,10,11,12);;/q;+1;-1. The van der Waals surface area contributed by atoms with Gasteiger partial charge in [-0.2, -0.15) is 8.42 Å². The molecule has 2 atom stereocenters.